The molecule has 0 saturated carbocycles. The SMILES string of the molecule is Cc1ccnc(N(C)C2CCS(=O)(=O)C2)c1C(=O)O. The average Bonchev–Trinajstić information content (AvgIpc) is 2.68. The summed E-state index contributed by atoms with van der Waals surface area (Å²) in [7, 11) is -1.31. The van der Waals surface area contributed by atoms with E-state index in [1.165, 1.54) is 6.20 Å². The Labute approximate surface area is 112 Å². The Kier molecular flexibility index (Phi) is 3.49. The fourth-order valence-electron chi connectivity index (χ4n) is 2.33. The number of carbonyl (C=O) groups is 1. The minimum Gasteiger partial charge on any atom is -0.478 e. The van der Waals surface area contributed by atoms with Gasteiger partial charge in [0.25, 0.3) is 0 Å². The summed E-state index contributed by atoms with van der Waals surface area (Å²) in [5.74, 6) is -0.517. The molecule has 1 fully saturated rings. The van der Waals surface area contributed by atoms with Gasteiger partial charge in [-0.2, -0.15) is 0 Å². The highest BCUT2D eigenvalue weighted by atomic mass is 32.2. The van der Waals surface area contributed by atoms with E-state index in [0.717, 1.165) is 0 Å². The number of anilines is 1. The van der Waals surface area contributed by atoms with Crippen molar-refractivity contribution in [3.63, 3.8) is 0 Å². The lowest BCUT2D eigenvalue weighted by Gasteiger charge is -2.26. The fourth-order valence-corrected chi connectivity index (χ4v) is 4.10. The van der Waals surface area contributed by atoms with Crippen LogP contribution in [0.3, 0.4) is 0 Å². The van der Waals surface area contributed by atoms with Gasteiger partial charge < -0.3 is 10.0 Å². The number of carboxylic acids is 1. The molecule has 2 rings (SSSR count). The molecular formula is C12H16N2O4S. The van der Waals surface area contributed by atoms with E-state index in [2.05, 4.69) is 4.98 Å². The molecule has 1 unspecified atom stereocenters. The van der Waals surface area contributed by atoms with Gasteiger partial charge in [0, 0.05) is 19.3 Å². The molecule has 0 radical (unpaired) electrons. The normalized spacial score (nSPS) is 21.3. The van der Waals surface area contributed by atoms with E-state index in [1.54, 1.807) is 24.9 Å². The maximum Gasteiger partial charge on any atom is 0.339 e. The van der Waals surface area contributed by atoms with E-state index in [9.17, 15) is 18.3 Å². The van der Waals surface area contributed by atoms with Gasteiger partial charge in [-0.05, 0) is 25.0 Å². The number of aromatic carboxylic acids is 1. The molecule has 1 aromatic heterocycles. The molecule has 0 bridgehead atoms. The largest absolute Gasteiger partial charge is 0.478 e. The summed E-state index contributed by atoms with van der Waals surface area (Å²) < 4.78 is 23.0. The number of rotatable bonds is 3. The van der Waals surface area contributed by atoms with Gasteiger partial charge in [0.1, 0.15) is 11.4 Å². The zero-order valence-electron chi connectivity index (χ0n) is 10.8. The summed E-state index contributed by atoms with van der Waals surface area (Å²) in [4.78, 5) is 17.1. The van der Waals surface area contributed by atoms with Crippen molar-refractivity contribution in [2.45, 2.75) is 19.4 Å². The summed E-state index contributed by atoms with van der Waals surface area (Å²) in [6, 6.07) is 1.42. The lowest BCUT2D eigenvalue weighted by molar-refractivity contribution is 0.0696. The van der Waals surface area contributed by atoms with E-state index < -0.39 is 15.8 Å². The molecule has 1 saturated heterocycles. The number of aromatic nitrogens is 1. The first-order chi connectivity index (χ1) is 8.82. The summed E-state index contributed by atoms with van der Waals surface area (Å²) in [6.45, 7) is 1.70. The molecular weight excluding hydrogens is 268 g/mol. The quantitative estimate of drug-likeness (QED) is 0.879. The van der Waals surface area contributed by atoms with Crippen LogP contribution in [0.15, 0.2) is 12.3 Å². The van der Waals surface area contributed by atoms with Crippen molar-refractivity contribution in [2.75, 3.05) is 23.5 Å². The molecule has 104 valence electrons. The van der Waals surface area contributed by atoms with Crippen LogP contribution in [0, 0.1) is 6.92 Å². The molecule has 0 aliphatic carbocycles. The van der Waals surface area contributed by atoms with Gasteiger partial charge >= 0.3 is 5.97 Å². The highest BCUT2D eigenvalue weighted by Gasteiger charge is 2.32. The molecule has 1 aromatic rings. The van der Waals surface area contributed by atoms with Crippen molar-refractivity contribution in [3.8, 4) is 0 Å². The van der Waals surface area contributed by atoms with Gasteiger partial charge in [0.05, 0.1) is 11.5 Å². The summed E-state index contributed by atoms with van der Waals surface area (Å²) in [6.07, 6.45) is 2.05. The fraction of sp³-hybridized carbons (Fsp3) is 0.500. The van der Waals surface area contributed by atoms with Gasteiger partial charge in [-0.15, -0.1) is 0 Å². The number of pyridine rings is 1. The van der Waals surface area contributed by atoms with Crippen molar-refractivity contribution in [1.82, 2.24) is 4.98 Å². The third-order valence-electron chi connectivity index (χ3n) is 3.44. The zero-order valence-corrected chi connectivity index (χ0v) is 11.6. The number of hydrogen-bond donors (Lipinski definition) is 1. The van der Waals surface area contributed by atoms with Crippen LogP contribution in [-0.4, -0.2) is 49.1 Å². The maximum atomic E-state index is 11.5. The standard InChI is InChI=1S/C12H16N2O4S/c1-8-3-5-13-11(10(8)12(15)16)14(2)9-4-6-19(17,18)7-9/h3,5,9H,4,6-7H2,1-2H3,(H,15,16). The van der Waals surface area contributed by atoms with Crippen molar-refractivity contribution in [3.05, 3.63) is 23.4 Å². The summed E-state index contributed by atoms with van der Waals surface area (Å²) in [5, 5.41) is 9.26. The van der Waals surface area contributed by atoms with Crippen LogP contribution in [0.5, 0.6) is 0 Å². The van der Waals surface area contributed by atoms with Crippen molar-refractivity contribution in [1.29, 1.82) is 0 Å². The third-order valence-corrected chi connectivity index (χ3v) is 5.19. The second kappa shape index (κ2) is 4.80. The van der Waals surface area contributed by atoms with E-state index in [1.807, 2.05) is 0 Å². The molecule has 6 nitrogen and oxygen atoms in total. The summed E-state index contributed by atoms with van der Waals surface area (Å²) >= 11 is 0. The molecule has 1 aliphatic rings. The zero-order chi connectivity index (χ0) is 14.2. The van der Waals surface area contributed by atoms with Crippen LogP contribution < -0.4 is 4.90 Å². The molecule has 1 aliphatic heterocycles. The highest BCUT2D eigenvalue weighted by Crippen LogP contribution is 2.25. The van der Waals surface area contributed by atoms with Crippen molar-refractivity contribution >= 4 is 21.6 Å². The first-order valence-electron chi connectivity index (χ1n) is 5.94. The van der Waals surface area contributed by atoms with Crippen LogP contribution in [0.4, 0.5) is 5.82 Å². The van der Waals surface area contributed by atoms with E-state index >= 15 is 0 Å². The smallest absolute Gasteiger partial charge is 0.339 e. The molecule has 1 atom stereocenters. The number of hydrogen-bond acceptors (Lipinski definition) is 5. The molecule has 19 heavy (non-hydrogen) atoms. The Morgan fingerprint density at radius 1 is 1.53 bits per heavy atom. The Hall–Kier alpha value is -1.63. The molecule has 0 amide bonds. The van der Waals surface area contributed by atoms with Gasteiger partial charge in [-0.3, -0.25) is 0 Å². The number of carboxylic acid groups (broad SMARTS) is 1. The number of aryl methyl sites for hydroxylation is 1. The lowest BCUT2D eigenvalue weighted by Crippen LogP contribution is -2.34. The van der Waals surface area contributed by atoms with E-state index in [-0.39, 0.29) is 23.1 Å². The molecule has 2 heterocycles. The third kappa shape index (κ3) is 2.70. The van der Waals surface area contributed by atoms with Gasteiger partial charge in [-0.25, -0.2) is 18.2 Å². The highest BCUT2D eigenvalue weighted by molar-refractivity contribution is 7.91. The predicted octanol–water partition coefficient (Wildman–Crippen LogP) is 0.712. The summed E-state index contributed by atoms with van der Waals surface area (Å²) in [5.41, 5.74) is 0.750. The van der Waals surface area contributed by atoms with Crippen LogP contribution in [0.2, 0.25) is 0 Å². The Balaban J connectivity index is 2.37. The van der Waals surface area contributed by atoms with Gasteiger partial charge in [0.2, 0.25) is 0 Å². The minimum absolute atomic E-state index is 0.0538. The average molecular weight is 284 g/mol. The maximum absolute atomic E-state index is 11.5. The topological polar surface area (TPSA) is 87.6 Å². The van der Waals surface area contributed by atoms with Crippen molar-refractivity contribution < 1.29 is 18.3 Å². The number of nitrogens with zero attached hydrogens (tertiary/aromatic N) is 2. The molecule has 0 aromatic carbocycles. The van der Waals surface area contributed by atoms with Crippen LogP contribution in [-0.2, 0) is 9.84 Å². The van der Waals surface area contributed by atoms with Crippen LogP contribution in [0.1, 0.15) is 22.3 Å². The Bertz CT molecular complexity index is 612. The first kappa shape index (κ1) is 13.8. The molecule has 1 N–H and O–H groups in total. The minimum atomic E-state index is -3.01. The predicted molar refractivity (Wildman–Crippen MR) is 71.4 cm³/mol. The van der Waals surface area contributed by atoms with Crippen LogP contribution in [0.25, 0.3) is 0 Å². The molecule has 7 heteroatoms. The monoisotopic (exact) mass is 284 g/mol. The van der Waals surface area contributed by atoms with E-state index in [0.29, 0.717) is 17.8 Å². The van der Waals surface area contributed by atoms with Crippen molar-refractivity contribution in [2.24, 2.45) is 0 Å². The van der Waals surface area contributed by atoms with E-state index in [4.69, 9.17) is 0 Å². The van der Waals surface area contributed by atoms with Gasteiger partial charge in [0.15, 0.2) is 9.84 Å². The van der Waals surface area contributed by atoms with Gasteiger partial charge in [-0.1, -0.05) is 0 Å². The molecule has 0 spiro atoms. The second-order valence-electron chi connectivity index (χ2n) is 4.80. The Morgan fingerprint density at radius 2 is 2.21 bits per heavy atom. The number of sulfone groups is 1. The second-order valence-corrected chi connectivity index (χ2v) is 7.03. The first-order valence-corrected chi connectivity index (χ1v) is 7.76. The lowest BCUT2D eigenvalue weighted by atomic mass is 10.1. The van der Waals surface area contributed by atoms with Crippen LogP contribution >= 0.6 is 0 Å². The Morgan fingerprint density at radius 3 is 2.74 bits per heavy atom.